The van der Waals surface area contributed by atoms with E-state index in [9.17, 15) is 19.2 Å². The molecule has 0 unspecified atom stereocenters. The third kappa shape index (κ3) is 17.6. The average Bonchev–Trinajstić information content (AvgIpc) is 1.69. The molecule has 0 amide bonds. The molecule has 0 bridgehead atoms. The number of nitrogens with zero attached hydrogens (tertiary/aromatic N) is 13. The molecule has 0 aliphatic carbocycles. The van der Waals surface area contributed by atoms with Crippen molar-refractivity contribution in [2.45, 2.75) is 6.92 Å². The molecule has 8 aromatic carbocycles. The van der Waals surface area contributed by atoms with Gasteiger partial charge in [-0.3, -0.25) is 37.4 Å². The minimum atomic E-state index is -0.145. The zero-order valence-electron chi connectivity index (χ0n) is 53.6. The van der Waals surface area contributed by atoms with Gasteiger partial charge in [-0.15, -0.1) is 0 Å². The number of halogens is 3. The predicted molar refractivity (Wildman–Crippen MR) is 393 cm³/mol. The summed E-state index contributed by atoms with van der Waals surface area (Å²) in [7, 11) is 7.52. The van der Waals surface area contributed by atoms with Crippen LogP contribution in [0.2, 0.25) is 0 Å². The van der Waals surface area contributed by atoms with Crippen LogP contribution in [0.5, 0.6) is 0 Å². The van der Waals surface area contributed by atoms with Crippen molar-refractivity contribution < 1.29 is 23.9 Å². The summed E-state index contributed by atoms with van der Waals surface area (Å²) in [4.78, 5) is 83.9. The third-order valence-corrected chi connectivity index (χ3v) is 16.5. The monoisotopic (exact) mass is 1480 g/mol. The van der Waals surface area contributed by atoms with Gasteiger partial charge in [0.2, 0.25) is 23.1 Å². The Morgan fingerprint density at radius 3 is 1.15 bits per heavy atom. The molecule has 0 radical (unpaired) electrons. The zero-order valence-corrected chi connectivity index (χ0v) is 58.4. The highest BCUT2D eigenvalue weighted by atomic mass is 79.9. The lowest BCUT2D eigenvalue weighted by Crippen LogP contribution is -2.35. The van der Waals surface area contributed by atoms with Crippen LogP contribution >= 0.6 is 47.8 Å². The van der Waals surface area contributed by atoms with Gasteiger partial charge >= 0.3 is 0 Å². The van der Waals surface area contributed by atoms with Crippen molar-refractivity contribution in [3.8, 4) is 22.7 Å². The number of benzene rings is 8. The standard InChI is InChI=1S/C21H19BrN4O2.C19H17BrN4O.C19H19N3O.C16H12BrN3O/c22-17-6-8-18(9-7-17)26-15-24-21(23-14-25-10-12-28-13-11-25)19(26)20(27)16-4-2-1-3-5-16;1-23(2)12-21-19-17(18(25)14-6-4-3-5-7-14)24(13-22-19)16-10-8-15(20)9-11-16;1-14-9-11-16(12-10-14)22-13-20-19(21(2)3)17(22)18(23)15-7-5-4-6-8-15;17-12-6-8-13(9-7-12)20-10-19-16(18)14(20)15(21)11-4-2-1-3-5-11/h1-9,14-15H,10-13H2;3-13H,1-2H3;4-13H,1-3H3;1-10H,18H2. The van der Waals surface area contributed by atoms with Crippen molar-refractivity contribution in [1.29, 1.82) is 0 Å². The first-order valence-electron chi connectivity index (χ1n) is 30.6. The SMILES string of the molecule is CN(C)C=Nc1ncn(-c2ccc(Br)cc2)c1C(=O)c1ccccc1.Cc1ccc(-n2cnc(N(C)C)c2C(=O)c2ccccc2)cc1.Nc1ncn(-c2ccc(Br)cc2)c1C(=O)c1ccccc1.O=C(c1ccccc1)c1c(N=CN2CCOCC2)ncn1-c1ccc(Br)cc1. The molecule has 97 heavy (non-hydrogen) atoms. The molecular weight excluding hydrogens is 1420 g/mol. The Labute approximate surface area is 587 Å². The molecule has 1 aliphatic heterocycles. The Morgan fingerprint density at radius 1 is 0.433 bits per heavy atom. The fourth-order valence-electron chi connectivity index (χ4n) is 9.95. The molecule has 1 aliphatic rings. The van der Waals surface area contributed by atoms with Crippen LogP contribution in [0.15, 0.2) is 267 Å². The number of imidazole rings is 4. The zero-order chi connectivity index (χ0) is 68.4. The summed E-state index contributed by atoms with van der Waals surface area (Å²) in [6.07, 6.45) is 9.92. The first-order valence-corrected chi connectivity index (χ1v) is 32.9. The molecule has 0 atom stereocenters. The molecule has 1 fully saturated rings. The Kier molecular flexibility index (Phi) is 23.5. The number of carbonyl (C=O) groups is 4. The third-order valence-electron chi connectivity index (χ3n) is 14.9. The van der Waals surface area contributed by atoms with Crippen LogP contribution in [0.1, 0.15) is 69.8 Å². The van der Waals surface area contributed by atoms with Gasteiger partial charge in [0.1, 0.15) is 48.1 Å². The first-order chi connectivity index (χ1) is 47.0. The van der Waals surface area contributed by atoms with Crippen LogP contribution in [0.4, 0.5) is 23.3 Å². The topological polar surface area (TPSA) is 209 Å². The predicted octanol–water partition coefficient (Wildman–Crippen LogP) is 14.9. The van der Waals surface area contributed by atoms with Crippen molar-refractivity contribution in [3.63, 3.8) is 0 Å². The number of morpholine rings is 1. The van der Waals surface area contributed by atoms with Crippen molar-refractivity contribution in [3.05, 3.63) is 308 Å². The van der Waals surface area contributed by atoms with Crippen molar-refractivity contribution in [2.24, 2.45) is 9.98 Å². The summed E-state index contributed by atoms with van der Waals surface area (Å²) in [5.74, 6) is 1.28. The molecule has 5 heterocycles. The maximum atomic E-state index is 13.3. The van der Waals surface area contributed by atoms with Crippen molar-refractivity contribution in [1.82, 2.24) is 48.0 Å². The second-order valence-corrected chi connectivity index (χ2v) is 25.0. The number of nitrogens with two attached hydrogens (primary N) is 1. The molecule has 22 heteroatoms. The molecule has 1 saturated heterocycles. The Balaban J connectivity index is 0.000000141. The van der Waals surface area contributed by atoms with E-state index in [0.717, 1.165) is 49.3 Å². The number of hydrogen-bond acceptors (Lipinski definition) is 13. The molecule has 12 aromatic rings. The van der Waals surface area contributed by atoms with Gasteiger partial charge in [0.25, 0.3) is 0 Å². The van der Waals surface area contributed by atoms with Crippen molar-refractivity contribution >= 4 is 107 Å². The van der Waals surface area contributed by atoms with Gasteiger partial charge in [-0.25, -0.2) is 29.9 Å². The fraction of sp³-hybridized carbons (Fsp3) is 0.120. The fourth-order valence-corrected chi connectivity index (χ4v) is 10.7. The largest absolute Gasteiger partial charge is 0.382 e. The van der Waals surface area contributed by atoms with E-state index >= 15 is 0 Å². The van der Waals surface area contributed by atoms with Gasteiger partial charge in [-0.05, 0) is 91.9 Å². The minimum Gasteiger partial charge on any atom is -0.382 e. The van der Waals surface area contributed by atoms with Gasteiger partial charge in [0.05, 0.1) is 25.9 Å². The lowest BCUT2D eigenvalue weighted by molar-refractivity contribution is 0.0701. The van der Waals surface area contributed by atoms with Gasteiger partial charge in [0.15, 0.2) is 23.3 Å². The quantitative estimate of drug-likeness (QED) is 0.0512. The molecular formula is C75H67Br3N14O5. The van der Waals surface area contributed by atoms with E-state index in [1.807, 2.05) is 227 Å². The van der Waals surface area contributed by atoms with Crippen LogP contribution in [0.3, 0.4) is 0 Å². The first kappa shape index (κ1) is 69.1. The number of ketones is 4. The average molecular weight is 1480 g/mol. The summed E-state index contributed by atoms with van der Waals surface area (Å²) in [6.45, 7) is 4.95. The summed E-state index contributed by atoms with van der Waals surface area (Å²) in [6, 6.07) is 67.8. The van der Waals surface area contributed by atoms with E-state index in [1.165, 1.54) is 5.56 Å². The summed E-state index contributed by atoms with van der Waals surface area (Å²) < 4.78 is 15.4. The van der Waals surface area contributed by atoms with Crippen LogP contribution in [0, 0.1) is 6.92 Å². The van der Waals surface area contributed by atoms with E-state index in [4.69, 9.17) is 10.5 Å². The number of rotatable bonds is 17. The molecule has 13 rings (SSSR count). The highest BCUT2D eigenvalue weighted by molar-refractivity contribution is 9.11. The Hall–Kier alpha value is -10.8. The minimum absolute atomic E-state index is 0.0348. The van der Waals surface area contributed by atoms with E-state index < -0.39 is 0 Å². The number of aliphatic imine (C=N–C) groups is 2. The lowest BCUT2D eigenvalue weighted by Gasteiger charge is -2.23. The second kappa shape index (κ2) is 33.1. The van der Waals surface area contributed by atoms with Gasteiger partial charge < -0.3 is 25.2 Å². The molecule has 2 N–H and O–H groups in total. The normalized spacial score (nSPS) is 11.8. The van der Waals surface area contributed by atoms with Crippen LogP contribution in [0.25, 0.3) is 22.7 Å². The van der Waals surface area contributed by atoms with Gasteiger partial charge in [0, 0.05) is 99.7 Å². The lowest BCUT2D eigenvalue weighted by atomic mass is 10.1. The van der Waals surface area contributed by atoms with E-state index in [0.29, 0.717) is 75.7 Å². The highest BCUT2D eigenvalue weighted by Gasteiger charge is 2.25. The number of carbonyl (C=O) groups excluding carboxylic acids is 4. The summed E-state index contributed by atoms with van der Waals surface area (Å²) >= 11 is 10.3. The Bertz CT molecular complexity index is 4670. The molecule has 19 nitrogen and oxygen atoms in total. The number of aromatic nitrogens is 8. The molecule has 4 aromatic heterocycles. The van der Waals surface area contributed by atoms with Gasteiger partial charge in [-0.2, -0.15) is 0 Å². The van der Waals surface area contributed by atoms with E-state index in [-0.39, 0.29) is 29.0 Å². The van der Waals surface area contributed by atoms with Crippen LogP contribution < -0.4 is 10.6 Å². The molecule has 0 saturated carbocycles. The van der Waals surface area contributed by atoms with E-state index in [1.54, 1.807) is 93.0 Å². The van der Waals surface area contributed by atoms with Crippen molar-refractivity contribution in [2.75, 3.05) is 65.1 Å². The molecule has 0 spiro atoms. The highest BCUT2D eigenvalue weighted by Crippen LogP contribution is 2.29. The van der Waals surface area contributed by atoms with E-state index in [2.05, 4.69) is 82.6 Å². The number of ether oxygens (including phenoxy) is 1. The van der Waals surface area contributed by atoms with Gasteiger partial charge in [-0.1, -0.05) is 187 Å². The Morgan fingerprint density at radius 2 is 0.763 bits per heavy atom. The number of anilines is 2. The van der Waals surface area contributed by atoms with Crippen LogP contribution in [-0.4, -0.2) is 138 Å². The summed E-state index contributed by atoms with van der Waals surface area (Å²) in [5, 5.41) is 0. The molecule has 488 valence electrons. The number of hydrogen-bond donors (Lipinski definition) is 1. The number of nitrogen functional groups attached to an aromatic ring is 1. The maximum Gasteiger partial charge on any atom is 0.213 e. The smallest absolute Gasteiger partial charge is 0.213 e. The number of aryl methyl sites for hydroxylation is 1. The second-order valence-electron chi connectivity index (χ2n) is 22.2. The summed E-state index contributed by atoms with van der Waals surface area (Å²) in [5.41, 5.74) is 14.8. The maximum absolute atomic E-state index is 13.3. The van der Waals surface area contributed by atoms with Crippen LogP contribution in [-0.2, 0) is 4.74 Å².